The molecule has 0 aliphatic rings. The SMILES string of the molecule is CCOC(=O)C(F)[C@H](N)c1cc(OC(F)(F)F)ccc1OC. The number of hydrogen-bond donors (Lipinski definition) is 1. The van der Waals surface area contributed by atoms with Crippen molar-refractivity contribution in [1.82, 2.24) is 0 Å². The van der Waals surface area contributed by atoms with E-state index >= 15 is 0 Å². The third kappa shape index (κ3) is 4.76. The summed E-state index contributed by atoms with van der Waals surface area (Å²) in [6.45, 7) is 1.43. The van der Waals surface area contributed by atoms with Crippen molar-refractivity contribution in [3.63, 3.8) is 0 Å². The zero-order valence-electron chi connectivity index (χ0n) is 11.8. The highest BCUT2D eigenvalue weighted by molar-refractivity contribution is 5.76. The van der Waals surface area contributed by atoms with Gasteiger partial charge in [-0.2, -0.15) is 0 Å². The highest BCUT2D eigenvalue weighted by Crippen LogP contribution is 2.33. The van der Waals surface area contributed by atoms with E-state index in [-0.39, 0.29) is 17.9 Å². The van der Waals surface area contributed by atoms with Crippen LogP contribution in [0.4, 0.5) is 17.6 Å². The molecule has 124 valence electrons. The minimum atomic E-state index is -4.91. The molecule has 0 aliphatic carbocycles. The van der Waals surface area contributed by atoms with Gasteiger partial charge in [0.2, 0.25) is 6.17 Å². The monoisotopic (exact) mass is 325 g/mol. The second-order valence-corrected chi connectivity index (χ2v) is 4.13. The second kappa shape index (κ2) is 7.30. The van der Waals surface area contributed by atoms with Gasteiger partial charge in [-0.1, -0.05) is 0 Å². The molecular formula is C13H15F4NO4. The van der Waals surface area contributed by atoms with Crippen LogP contribution in [-0.4, -0.2) is 32.2 Å². The Balaban J connectivity index is 3.09. The molecular weight excluding hydrogens is 310 g/mol. The van der Waals surface area contributed by atoms with Crippen LogP contribution in [-0.2, 0) is 9.53 Å². The fourth-order valence-corrected chi connectivity index (χ4v) is 1.70. The zero-order chi connectivity index (χ0) is 16.9. The van der Waals surface area contributed by atoms with Crippen LogP contribution >= 0.6 is 0 Å². The van der Waals surface area contributed by atoms with Crippen molar-refractivity contribution in [2.75, 3.05) is 13.7 Å². The van der Waals surface area contributed by atoms with Crippen LogP contribution in [0.3, 0.4) is 0 Å². The molecule has 22 heavy (non-hydrogen) atoms. The highest BCUT2D eigenvalue weighted by Gasteiger charge is 2.33. The number of rotatable bonds is 6. The van der Waals surface area contributed by atoms with Gasteiger partial charge in [0, 0.05) is 5.56 Å². The van der Waals surface area contributed by atoms with E-state index < -0.39 is 30.3 Å². The van der Waals surface area contributed by atoms with Crippen LogP contribution in [0.15, 0.2) is 18.2 Å². The van der Waals surface area contributed by atoms with Crippen molar-refractivity contribution >= 4 is 5.97 Å². The Bertz CT molecular complexity index is 521. The van der Waals surface area contributed by atoms with Gasteiger partial charge in [0.25, 0.3) is 0 Å². The van der Waals surface area contributed by atoms with E-state index in [9.17, 15) is 22.4 Å². The normalized spacial score (nSPS) is 14.1. The maximum Gasteiger partial charge on any atom is 0.573 e. The summed E-state index contributed by atoms with van der Waals surface area (Å²) in [6, 6.07) is 1.42. The van der Waals surface area contributed by atoms with Crippen molar-refractivity contribution < 1.29 is 36.6 Å². The molecule has 1 rings (SSSR count). The molecule has 1 unspecified atom stereocenters. The van der Waals surface area contributed by atoms with Crippen molar-refractivity contribution in [2.24, 2.45) is 5.73 Å². The van der Waals surface area contributed by atoms with E-state index in [0.29, 0.717) is 0 Å². The number of methoxy groups -OCH3 is 1. The van der Waals surface area contributed by atoms with Crippen LogP contribution in [0.5, 0.6) is 11.5 Å². The molecule has 0 saturated heterocycles. The Morgan fingerprint density at radius 2 is 2.00 bits per heavy atom. The van der Waals surface area contributed by atoms with E-state index in [1.165, 1.54) is 14.0 Å². The van der Waals surface area contributed by atoms with E-state index in [4.69, 9.17) is 10.5 Å². The van der Waals surface area contributed by atoms with Crippen LogP contribution in [0.25, 0.3) is 0 Å². The summed E-state index contributed by atoms with van der Waals surface area (Å²) in [5, 5.41) is 0. The van der Waals surface area contributed by atoms with Crippen molar-refractivity contribution in [2.45, 2.75) is 25.5 Å². The van der Waals surface area contributed by atoms with Gasteiger partial charge in [-0.15, -0.1) is 13.2 Å². The lowest BCUT2D eigenvalue weighted by molar-refractivity contribution is -0.274. The Morgan fingerprint density at radius 3 is 2.50 bits per heavy atom. The van der Waals surface area contributed by atoms with Gasteiger partial charge in [-0.3, -0.25) is 0 Å². The number of benzene rings is 1. The first-order valence-corrected chi connectivity index (χ1v) is 6.19. The number of carbonyl (C=O) groups is 1. The fourth-order valence-electron chi connectivity index (χ4n) is 1.70. The first kappa shape index (κ1) is 18.0. The molecule has 0 aromatic heterocycles. The summed E-state index contributed by atoms with van der Waals surface area (Å²) in [6.07, 6.45) is -7.17. The van der Waals surface area contributed by atoms with Crippen molar-refractivity contribution in [1.29, 1.82) is 0 Å². The maximum absolute atomic E-state index is 13.9. The summed E-state index contributed by atoms with van der Waals surface area (Å²) in [5.74, 6) is -1.79. The van der Waals surface area contributed by atoms with E-state index in [1.54, 1.807) is 0 Å². The molecule has 0 radical (unpaired) electrons. The standard InChI is InChI=1S/C13H15F4NO4/c1-3-21-12(19)10(14)11(18)8-6-7(22-13(15,16)17)4-5-9(8)20-2/h4-6,10-11H,3,18H2,1-2H3/t10?,11-/m1/s1. The molecule has 1 aromatic rings. The molecule has 2 N–H and O–H groups in total. The number of halogens is 4. The molecule has 9 heteroatoms. The number of alkyl halides is 4. The maximum atomic E-state index is 13.9. The molecule has 0 fully saturated rings. The lowest BCUT2D eigenvalue weighted by Crippen LogP contribution is -2.32. The zero-order valence-corrected chi connectivity index (χ0v) is 11.8. The molecule has 1 aromatic carbocycles. The predicted octanol–water partition coefficient (Wildman–Crippen LogP) is 2.49. The van der Waals surface area contributed by atoms with Gasteiger partial charge in [0.1, 0.15) is 11.5 Å². The average molecular weight is 325 g/mol. The van der Waals surface area contributed by atoms with Crippen molar-refractivity contribution in [3.05, 3.63) is 23.8 Å². The molecule has 2 atom stereocenters. The molecule has 0 amide bonds. The summed E-state index contributed by atoms with van der Waals surface area (Å²) in [4.78, 5) is 11.3. The van der Waals surface area contributed by atoms with Gasteiger partial charge in [0.15, 0.2) is 0 Å². The number of nitrogens with two attached hydrogens (primary N) is 1. The Labute approximate surface area is 123 Å². The fraction of sp³-hybridized carbons (Fsp3) is 0.462. The van der Waals surface area contributed by atoms with Gasteiger partial charge in [-0.25, -0.2) is 9.18 Å². The van der Waals surface area contributed by atoms with Gasteiger partial charge in [0.05, 0.1) is 19.8 Å². The first-order valence-electron chi connectivity index (χ1n) is 6.19. The van der Waals surface area contributed by atoms with Gasteiger partial charge >= 0.3 is 12.3 Å². The highest BCUT2D eigenvalue weighted by atomic mass is 19.4. The van der Waals surface area contributed by atoms with E-state index in [0.717, 1.165) is 18.2 Å². The molecule has 0 bridgehead atoms. The lowest BCUT2D eigenvalue weighted by atomic mass is 10.0. The van der Waals surface area contributed by atoms with E-state index in [1.807, 2.05) is 0 Å². The first-order chi connectivity index (χ1) is 10.2. The summed E-state index contributed by atoms with van der Waals surface area (Å²) >= 11 is 0. The topological polar surface area (TPSA) is 70.8 Å². The second-order valence-electron chi connectivity index (χ2n) is 4.13. The summed E-state index contributed by atoms with van der Waals surface area (Å²) < 4.78 is 63.7. The summed E-state index contributed by atoms with van der Waals surface area (Å²) in [7, 11) is 1.23. The van der Waals surface area contributed by atoms with E-state index in [2.05, 4.69) is 9.47 Å². The number of esters is 1. The number of ether oxygens (including phenoxy) is 3. The molecule has 5 nitrogen and oxygen atoms in total. The van der Waals surface area contributed by atoms with Gasteiger partial charge < -0.3 is 19.9 Å². The largest absolute Gasteiger partial charge is 0.573 e. The Morgan fingerprint density at radius 1 is 1.36 bits per heavy atom. The van der Waals surface area contributed by atoms with Crippen LogP contribution in [0.1, 0.15) is 18.5 Å². The third-order valence-corrected chi connectivity index (χ3v) is 2.62. The number of carbonyl (C=O) groups excluding carboxylic acids is 1. The quantitative estimate of drug-likeness (QED) is 0.643. The van der Waals surface area contributed by atoms with Crippen LogP contribution in [0, 0.1) is 0 Å². The Hall–Kier alpha value is -2.03. The third-order valence-electron chi connectivity index (χ3n) is 2.62. The molecule has 0 spiro atoms. The smallest absolute Gasteiger partial charge is 0.496 e. The van der Waals surface area contributed by atoms with Crippen LogP contribution in [0.2, 0.25) is 0 Å². The Kier molecular flexibility index (Phi) is 5.98. The number of hydrogen-bond acceptors (Lipinski definition) is 5. The van der Waals surface area contributed by atoms with Crippen LogP contribution < -0.4 is 15.2 Å². The molecule has 0 heterocycles. The predicted molar refractivity (Wildman–Crippen MR) is 68.1 cm³/mol. The van der Waals surface area contributed by atoms with Crippen molar-refractivity contribution in [3.8, 4) is 11.5 Å². The molecule has 0 aliphatic heterocycles. The minimum Gasteiger partial charge on any atom is -0.496 e. The minimum absolute atomic E-state index is 0.0222. The van der Waals surface area contributed by atoms with Gasteiger partial charge in [-0.05, 0) is 25.1 Å². The molecule has 0 saturated carbocycles. The lowest BCUT2D eigenvalue weighted by Gasteiger charge is -2.19. The summed E-state index contributed by atoms with van der Waals surface area (Å²) in [5.41, 5.74) is 5.44. The average Bonchev–Trinajstić information content (AvgIpc) is 2.44.